The van der Waals surface area contributed by atoms with Crippen LogP contribution in [0.4, 0.5) is 11.4 Å². The second-order valence-corrected chi connectivity index (χ2v) is 7.34. The zero-order valence-electron chi connectivity index (χ0n) is 13.6. The zero-order valence-corrected chi connectivity index (χ0v) is 14.4. The predicted molar refractivity (Wildman–Crippen MR) is 92.6 cm³/mol. The Morgan fingerprint density at radius 3 is 2.52 bits per heavy atom. The molecule has 8 heteroatoms. The minimum atomic E-state index is -3.85. The first-order chi connectivity index (χ1) is 11.8. The van der Waals surface area contributed by atoms with Crippen molar-refractivity contribution in [3.05, 3.63) is 47.5 Å². The number of hydrogen-bond acceptors (Lipinski definition) is 5. The van der Waals surface area contributed by atoms with Gasteiger partial charge in [0.15, 0.2) is 12.4 Å². The normalized spacial score (nSPS) is 13.4. The van der Waals surface area contributed by atoms with E-state index in [1.54, 1.807) is 25.1 Å². The van der Waals surface area contributed by atoms with E-state index < -0.39 is 10.0 Å². The standard InChI is InChI=1S/C17H16N2O5S/c1-10-7-14-15(24-9-17(21)18-14)8-16(10)25(22,23)19-13-5-3-12(4-6-13)11(2)20/h3-8,19H,9H2,1-2H3,(H,18,21). The van der Waals surface area contributed by atoms with Crippen LogP contribution in [0.3, 0.4) is 0 Å². The van der Waals surface area contributed by atoms with E-state index in [2.05, 4.69) is 10.0 Å². The van der Waals surface area contributed by atoms with Gasteiger partial charge in [-0.15, -0.1) is 0 Å². The number of carbonyl (C=O) groups excluding carboxylic acids is 2. The van der Waals surface area contributed by atoms with Gasteiger partial charge in [-0.1, -0.05) is 0 Å². The highest BCUT2D eigenvalue weighted by Crippen LogP contribution is 2.33. The molecule has 25 heavy (non-hydrogen) atoms. The number of aryl methyl sites for hydroxylation is 1. The van der Waals surface area contributed by atoms with Crippen LogP contribution in [0.5, 0.6) is 5.75 Å². The second-order valence-electron chi connectivity index (χ2n) is 5.69. The molecule has 0 saturated carbocycles. The Kier molecular flexibility index (Phi) is 4.22. The van der Waals surface area contributed by atoms with Crippen molar-refractivity contribution in [2.24, 2.45) is 0 Å². The first kappa shape index (κ1) is 17.0. The SMILES string of the molecule is CC(=O)c1ccc(NS(=O)(=O)c2cc3c(cc2C)NC(=O)CO3)cc1. The van der Waals surface area contributed by atoms with E-state index in [9.17, 15) is 18.0 Å². The van der Waals surface area contributed by atoms with Gasteiger partial charge in [-0.05, 0) is 49.7 Å². The maximum absolute atomic E-state index is 12.7. The number of benzene rings is 2. The van der Waals surface area contributed by atoms with Crippen LogP contribution in [0, 0.1) is 6.92 Å². The van der Waals surface area contributed by atoms with Gasteiger partial charge in [0.2, 0.25) is 0 Å². The van der Waals surface area contributed by atoms with Gasteiger partial charge >= 0.3 is 0 Å². The summed E-state index contributed by atoms with van der Waals surface area (Å²) in [6.45, 7) is 2.92. The summed E-state index contributed by atoms with van der Waals surface area (Å²) in [6.07, 6.45) is 0. The van der Waals surface area contributed by atoms with Crippen LogP contribution in [0.1, 0.15) is 22.8 Å². The monoisotopic (exact) mass is 360 g/mol. The van der Waals surface area contributed by atoms with Crippen LogP contribution in [0.2, 0.25) is 0 Å². The molecule has 130 valence electrons. The quantitative estimate of drug-likeness (QED) is 0.815. The Morgan fingerprint density at radius 2 is 1.88 bits per heavy atom. The predicted octanol–water partition coefficient (Wildman–Crippen LogP) is 2.33. The van der Waals surface area contributed by atoms with E-state index in [1.807, 2.05) is 0 Å². The number of hydrogen-bond donors (Lipinski definition) is 2. The largest absolute Gasteiger partial charge is 0.482 e. The molecule has 0 aliphatic carbocycles. The number of nitrogens with one attached hydrogen (secondary N) is 2. The van der Waals surface area contributed by atoms with Crippen LogP contribution < -0.4 is 14.8 Å². The number of sulfonamides is 1. The molecule has 1 aliphatic heterocycles. The fourth-order valence-electron chi connectivity index (χ4n) is 2.49. The Balaban J connectivity index is 1.92. The molecule has 2 aromatic carbocycles. The van der Waals surface area contributed by atoms with E-state index in [4.69, 9.17) is 4.74 Å². The molecule has 0 unspecified atom stereocenters. The lowest BCUT2D eigenvalue weighted by Gasteiger charge is -2.20. The molecular weight excluding hydrogens is 344 g/mol. The van der Waals surface area contributed by atoms with Crippen molar-refractivity contribution in [3.63, 3.8) is 0 Å². The first-order valence-electron chi connectivity index (χ1n) is 7.47. The van der Waals surface area contributed by atoms with Gasteiger partial charge in [-0.3, -0.25) is 14.3 Å². The molecule has 2 aromatic rings. The van der Waals surface area contributed by atoms with Gasteiger partial charge in [0, 0.05) is 17.3 Å². The van der Waals surface area contributed by atoms with E-state index in [0.29, 0.717) is 28.3 Å². The van der Waals surface area contributed by atoms with E-state index in [1.165, 1.54) is 25.1 Å². The van der Waals surface area contributed by atoms with Gasteiger partial charge in [-0.2, -0.15) is 0 Å². The number of carbonyl (C=O) groups is 2. The smallest absolute Gasteiger partial charge is 0.262 e. The van der Waals surface area contributed by atoms with E-state index in [-0.39, 0.29) is 23.2 Å². The van der Waals surface area contributed by atoms with Crippen LogP contribution in [-0.4, -0.2) is 26.7 Å². The van der Waals surface area contributed by atoms with Gasteiger partial charge in [0.05, 0.1) is 10.6 Å². The minimum Gasteiger partial charge on any atom is -0.482 e. The molecule has 2 N–H and O–H groups in total. The maximum atomic E-state index is 12.7. The van der Waals surface area contributed by atoms with Gasteiger partial charge in [0.25, 0.3) is 15.9 Å². The van der Waals surface area contributed by atoms with Crippen molar-refractivity contribution in [1.29, 1.82) is 0 Å². The minimum absolute atomic E-state index is 0.0537. The lowest BCUT2D eigenvalue weighted by Crippen LogP contribution is -2.26. The molecule has 7 nitrogen and oxygen atoms in total. The molecule has 0 aromatic heterocycles. The van der Waals surface area contributed by atoms with Crippen LogP contribution in [0.15, 0.2) is 41.3 Å². The Labute approximate surface area is 145 Å². The summed E-state index contributed by atoms with van der Waals surface area (Å²) < 4.78 is 33.1. The lowest BCUT2D eigenvalue weighted by molar-refractivity contribution is -0.118. The molecule has 0 fully saturated rings. The molecule has 0 bridgehead atoms. The van der Waals surface area contributed by atoms with E-state index >= 15 is 0 Å². The van der Waals surface area contributed by atoms with Crippen molar-refractivity contribution in [2.75, 3.05) is 16.6 Å². The molecule has 0 spiro atoms. The fraction of sp³-hybridized carbons (Fsp3) is 0.176. The van der Waals surface area contributed by atoms with Crippen molar-refractivity contribution < 1.29 is 22.7 Å². The van der Waals surface area contributed by atoms with Crippen LogP contribution >= 0.6 is 0 Å². The van der Waals surface area contributed by atoms with E-state index in [0.717, 1.165) is 0 Å². The lowest BCUT2D eigenvalue weighted by atomic mass is 10.1. The van der Waals surface area contributed by atoms with Gasteiger partial charge in [0.1, 0.15) is 5.75 Å². The molecule has 0 radical (unpaired) electrons. The fourth-order valence-corrected chi connectivity index (χ4v) is 3.79. The van der Waals surface area contributed by atoms with Crippen molar-refractivity contribution in [3.8, 4) is 5.75 Å². The number of fused-ring (bicyclic) bond motifs is 1. The Hall–Kier alpha value is -2.87. The molecule has 3 rings (SSSR count). The highest BCUT2D eigenvalue weighted by Gasteiger charge is 2.23. The van der Waals surface area contributed by atoms with Crippen molar-refractivity contribution in [2.45, 2.75) is 18.7 Å². The Morgan fingerprint density at radius 1 is 1.20 bits per heavy atom. The number of Topliss-reactive ketones (excluding diaryl/α,β-unsaturated/α-hetero) is 1. The molecular formula is C17H16N2O5S. The highest BCUT2D eigenvalue weighted by atomic mass is 32.2. The third-order valence-corrected chi connectivity index (χ3v) is 5.27. The van der Waals surface area contributed by atoms with Crippen molar-refractivity contribution in [1.82, 2.24) is 0 Å². The molecule has 1 aliphatic rings. The number of rotatable bonds is 4. The topological polar surface area (TPSA) is 102 Å². The summed E-state index contributed by atoms with van der Waals surface area (Å²) in [7, 11) is -3.85. The van der Waals surface area contributed by atoms with Crippen LogP contribution in [-0.2, 0) is 14.8 Å². The summed E-state index contributed by atoms with van der Waals surface area (Å²) in [5.74, 6) is -0.0807. The van der Waals surface area contributed by atoms with Gasteiger partial charge in [-0.25, -0.2) is 8.42 Å². The van der Waals surface area contributed by atoms with Gasteiger partial charge < -0.3 is 10.1 Å². The molecule has 0 saturated heterocycles. The summed E-state index contributed by atoms with van der Waals surface area (Å²) in [5.41, 5.74) is 1.75. The maximum Gasteiger partial charge on any atom is 0.262 e. The third kappa shape index (κ3) is 3.48. The molecule has 1 heterocycles. The average Bonchev–Trinajstić information content (AvgIpc) is 2.54. The molecule has 1 amide bonds. The highest BCUT2D eigenvalue weighted by molar-refractivity contribution is 7.92. The summed E-state index contributed by atoms with van der Waals surface area (Å²) in [6, 6.07) is 9.10. The first-order valence-corrected chi connectivity index (χ1v) is 8.96. The average molecular weight is 360 g/mol. The second kappa shape index (κ2) is 6.21. The summed E-state index contributed by atoms with van der Waals surface area (Å²) >= 11 is 0. The third-order valence-electron chi connectivity index (χ3n) is 3.74. The summed E-state index contributed by atoms with van der Waals surface area (Å²) in [5, 5.41) is 2.63. The number of anilines is 2. The zero-order chi connectivity index (χ0) is 18.2. The van der Waals surface area contributed by atoms with Crippen LogP contribution in [0.25, 0.3) is 0 Å². The number of ketones is 1. The number of amides is 1. The Bertz CT molecular complexity index is 965. The summed E-state index contributed by atoms with van der Waals surface area (Å²) in [4.78, 5) is 22.7. The number of ether oxygens (including phenoxy) is 1. The van der Waals surface area contributed by atoms with Crippen molar-refractivity contribution >= 4 is 33.1 Å². The molecule has 0 atom stereocenters.